The highest BCUT2D eigenvalue weighted by Gasteiger charge is 2.21. The average Bonchev–Trinajstić information content (AvgIpc) is 3.04. The Morgan fingerprint density at radius 1 is 1.04 bits per heavy atom. The van der Waals surface area contributed by atoms with E-state index in [0.29, 0.717) is 12.5 Å². The maximum absolute atomic E-state index is 12.1. The fourth-order valence-electron chi connectivity index (χ4n) is 3.16. The second kappa shape index (κ2) is 7.93. The van der Waals surface area contributed by atoms with Gasteiger partial charge < -0.3 is 10.2 Å². The molecule has 2 aromatic carbocycles. The largest absolute Gasteiger partial charge is 0.381 e. The summed E-state index contributed by atoms with van der Waals surface area (Å²) in [6, 6.07) is 20.5. The Labute approximate surface area is 138 Å². The van der Waals surface area contributed by atoms with Crippen molar-refractivity contribution >= 4 is 11.5 Å². The predicted molar refractivity (Wildman–Crippen MR) is 94.9 cm³/mol. The molecule has 1 aliphatic rings. The van der Waals surface area contributed by atoms with Crippen molar-refractivity contribution in [3.8, 4) is 0 Å². The number of benzene rings is 2. The second-order valence-corrected chi connectivity index (χ2v) is 6.19. The number of Topliss-reactive ketones (excluding diaryl/α,β-unsaturated/α-hetero) is 1. The first-order chi connectivity index (χ1) is 11.3. The summed E-state index contributed by atoms with van der Waals surface area (Å²) in [7, 11) is 0. The quantitative estimate of drug-likeness (QED) is 0.789. The van der Waals surface area contributed by atoms with Crippen molar-refractivity contribution in [1.82, 2.24) is 4.90 Å². The van der Waals surface area contributed by atoms with Crippen molar-refractivity contribution in [3.63, 3.8) is 0 Å². The van der Waals surface area contributed by atoms with Crippen LogP contribution in [-0.2, 0) is 0 Å². The minimum Gasteiger partial charge on any atom is -0.381 e. The lowest BCUT2D eigenvalue weighted by Gasteiger charge is -2.17. The molecular formula is C20H24N2O. The first kappa shape index (κ1) is 15.8. The highest BCUT2D eigenvalue weighted by Crippen LogP contribution is 2.16. The molecule has 23 heavy (non-hydrogen) atoms. The van der Waals surface area contributed by atoms with Gasteiger partial charge in [0.25, 0.3) is 0 Å². The third-order valence-electron chi connectivity index (χ3n) is 4.39. The van der Waals surface area contributed by atoms with E-state index in [1.807, 2.05) is 36.4 Å². The van der Waals surface area contributed by atoms with Crippen LogP contribution in [0.25, 0.3) is 0 Å². The van der Waals surface area contributed by atoms with Crippen LogP contribution in [-0.4, -0.2) is 36.4 Å². The van der Waals surface area contributed by atoms with Gasteiger partial charge >= 0.3 is 0 Å². The number of para-hydroxylation sites is 1. The molecule has 3 heteroatoms. The van der Waals surface area contributed by atoms with E-state index in [4.69, 9.17) is 0 Å². The molecule has 1 heterocycles. The van der Waals surface area contributed by atoms with Crippen molar-refractivity contribution in [3.05, 3.63) is 66.2 Å². The maximum atomic E-state index is 12.1. The Morgan fingerprint density at radius 2 is 1.74 bits per heavy atom. The summed E-state index contributed by atoms with van der Waals surface area (Å²) in [5, 5.41) is 3.59. The van der Waals surface area contributed by atoms with Gasteiger partial charge in [-0.15, -0.1) is 0 Å². The van der Waals surface area contributed by atoms with Crippen molar-refractivity contribution in [1.29, 1.82) is 0 Å². The van der Waals surface area contributed by atoms with Crippen LogP contribution in [0.4, 0.5) is 5.69 Å². The summed E-state index contributed by atoms with van der Waals surface area (Å²) in [6.45, 7) is 3.18. The number of hydrogen-bond acceptors (Lipinski definition) is 3. The number of carbonyl (C=O) groups excluding carboxylic acids is 1. The Kier molecular flexibility index (Phi) is 5.43. The van der Waals surface area contributed by atoms with Crippen LogP contribution in [0.3, 0.4) is 0 Å². The van der Waals surface area contributed by atoms with E-state index in [9.17, 15) is 4.79 Å². The van der Waals surface area contributed by atoms with Crippen LogP contribution in [0.2, 0.25) is 0 Å². The van der Waals surface area contributed by atoms with Gasteiger partial charge in [0.05, 0.1) is 0 Å². The molecule has 120 valence electrons. The number of nitrogens with zero attached hydrogens (tertiary/aromatic N) is 1. The fourth-order valence-corrected chi connectivity index (χ4v) is 3.16. The lowest BCUT2D eigenvalue weighted by molar-refractivity contribution is 0.0976. The van der Waals surface area contributed by atoms with Crippen molar-refractivity contribution in [2.45, 2.75) is 25.3 Å². The van der Waals surface area contributed by atoms with E-state index in [1.54, 1.807) is 0 Å². The van der Waals surface area contributed by atoms with Gasteiger partial charge in [-0.05, 0) is 31.5 Å². The number of ketones is 1. The molecule has 1 fully saturated rings. The van der Waals surface area contributed by atoms with E-state index in [0.717, 1.165) is 31.6 Å². The normalized spacial score (nSPS) is 18.0. The molecule has 1 aliphatic heterocycles. The SMILES string of the molecule is O=C(CCCN1CC[C@@H](Nc2ccccc2)C1)c1ccccc1. The number of hydrogen-bond donors (Lipinski definition) is 1. The molecule has 3 rings (SSSR count). The molecule has 0 amide bonds. The van der Waals surface area contributed by atoms with Crippen LogP contribution in [0.1, 0.15) is 29.6 Å². The molecule has 0 spiro atoms. The Bertz CT molecular complexity index is 612. The number of carbonyl (C=O) groups is 1. The molecule has 0 saturated carbocycles. The molecule has 3 nitrogen and oxygen atoms in total. The Hall–Kier alpha value is -2.13. The Morgan fingerprint density at radius 3 is 2.48 bits per heavy atom. The van der Waals surface area contributed by atoms with Crippen molar-refractivity contribution in [2.75, 3.05) is 25.0 Å². The number of anilines is 1. The molecule has 0 unspecified atom stereocenters. The van der Waals surface area contributed by atoms with Crippen LogP contribution >= 0.6 is 0 Å². The monoisotopic (exact) mass is 308 g/mol. The molecule has 0 aromatic heterocycles. The predicted octanol–water partition coefficient (Wildman–Crippen LogP) is 3.84. The van der Waals surface area contributed by atoms with E-state index >= 15 is 0 Å². The summed E-state index contributed by atoms with van der Waals surface area (Å²) in [5.74, 6) is 0.253. The molecule has 1 saturated heterocycles. The summed E-state index contributed by atoms with van der Waals surface area (Å²) in [4.78, 5) is 14.6. The third-order valence-corrected chi connectivity index (χ3v) is 4.39. The van der Waals surface area contributed by atoms with Crippen molar-refractivity contribution in [2.24, 2.45) is 0 Å². The molecule has 1 atom stereocenters. The lowest BCUT2D eigenvalue weighted by atomic mass is 10.1. The summed E-state index contributed by atoms with van der Waals surface area (Å²) in [5.41, 5.74) is 2.02. The number of nitrogens with one attached hydrogen (secondary N) is 1. The molecule has 1 N–H and O–H groups in total. The van der Waals surface area contributed by atoms with Gasteiger partial charge in [-0.25, -0.2) is 0 Å². The van der Waals surface area contributed by atoms with Crippen LogP contribution in [0, 0.1) is 0 Å². The molecule has 0 bridgehead atoms. The van der Waals surface area contributed by atoms with Crippen LogP contribution in [0.5, 0.6) is 0 Å². The highest BCUT2D eigenvalue weighted by atomic mass is 16.1. The van der Waals surface area contributed by atoms with E-state index < -0.39 is 0 Å². The van der Waals surface area contributed by atoms with Gasteiger partial charge in [-0.1, -0.05) is 48.5 Å². The van der Waals surface area contributed by atoms with Gasteiger partial charge in [0.15, 0.2) is 5.78 Å². The van der Waals surface area contributed by atoms with Crippen molar-refractivity contribution < 1.29 is 4.79 Å². The average molecular weight is 308 g/mol. The first-order valence-corrected chi connectivity index (χ1v) is 8.43. The fraction of sp³-hybridized carbons (Fsp3) is 0.350. The van der Waals surface area contributed by atoms with Gasteiger partial charge in [0.2, 0.25) is 0 Å². The van der Waals surface area contributed by atoms with Gasteiger partial charge in [0, 0.05) is 36.8 Å². The topological polar surface area (TPSA) is 32.3 Å². The number of likely N-dealkylation sites (tertiary alicyclic amines) is 1. The molecule has 2 aromatic rings. The van der Waals surface area contributed by atoms with E-state index in [1.165, 1.54) is 12.1 Å². The summed E-state index contributed by atoms with van der Waals surface area (Å²) >= 11 is 0. The summed E-state index contributed by atoms with van der Waals surface area (Å²) in [6.07, 6.45) is 2.74. The maximum Gasteiger partial charge on any atom is 0.162 e. The summed E-state index contributed by atoms with van der Waals surface area (Å²) < 4.78 is 0. The minimum absolute atomic E-state index is 0.253. The molecule has 0 radical (unpaired) electrons. The van der Waals surface area contributed by atoms with E-state index in [2.05, 4.69) is 34.5 Å². The van der Waals surface area contributed by atoms with Gasteiger partial charge in [0.1, 0.15) is 0 Å². The Balaban J connectivity index is 1.38. The highest BCUT2D eigenvalue weighted by molar-refractivity contribution is 5.95. The zero-order valence-electron chi connectivity index (χ0n) is 13.4. The van der Waals surface area contributed by atoms with Crippen LogP contribution < -0.4 is 5.32 Å². The first-order valence-electron chi connectivity index (χ1n) is 8.43. The smallest absolute Gasteiger partial charge is 0.162 e. The van der Waals surface area contributed by atoms with E-state index in [-0.39, 0.29) is 5.78 Å². The second-order valence-electron chi connectivity index (χ2n) is 6.19. The van der Waals surface area contributed by atoms with Gasteiger partial charge in [-0.3, -0.25) is 4.79 Å². The lowest BCUT2D eigenvalue weighted by Crippen LogP contribution is -2.27. The standard InChI is InChI=1S/C20H24N2O/c23-20(17-8-3-1-4-9-17)12-7-14-22-15-13-19(16-22)21-18-10-5-2-6-11-18/h1-6,8-11,19,21H,7,12-16H2/t19-/m1/s1. The number of rotatable bonds is 7. The van der Waals surface area contributed by atoms with Crippen LogP contribution in [0.15, 0.2) is 60.7 Å². The molecule has 0 aliphatic carbocycles. The molecular weight excluding hydrogens is 284 g/mol. The minimum atomic E-state index is 0.253. The zero-order valence-corrected chi connectivity index (χ0v) is 13.4. The third kappa shape index (κ3) is 4.67. The van der Waals surface area contributed by atoms with Gasteiger partial charge in [-0.2, -0.15) is 0 Å². The zero-order chi connectivity index (χ0) is 15.9.